The van der Waals surface area contributed by atoms with E-state index < -0.39 is 66.7 Å². The summed E-state index contributed by atoms with van der Waals surface area (Å²) in [6, 6.07) is 1.12. The van der Waals surface area contributed by atoms with E-state index in [2.05, 4.69) is 4.98 Å². The van der Waals surface area contributed by atoms with Gasteiger partial charge in [-0.05, 0) is 50.3 Å². The minimum absolute atomic E-state index is 0.0310. The molecule has 3 fully saturated rings. The predicted molar refractivity (Wildman–Crippen MR) is 152 cm³/mol. The van der Waals surface area contributed by atoms with Crippen LogP contribution in [0.5, 0.6) is 0 Å². The maximum atomic E-state index is 14.9. The van der Waals surface area contributed by atoms with Crippen molar-refractivity contribution in [3.8, 4) is 0 Å². The molecular weight excluding hydrogens is 609 g/mol. The number of alkyl halides is 7. The van der Waals surface area contributed by atoms with Crippen LogP contribution in [0.4, 0.5) is 36.6 Å². The van der Waals surface area contributed by atoms with Crippen LogP contribution in [0.15, 0.2) is 29.1 Å². The van der Waals surface area contributed by atoms with E-state index in [0.29, 0.717) is 30.1 Å². The smallest absolute Gasteiger partial charge is 0.376 e. The van der Waals surface area contributed by atoms with Gasteiger partial charge in [0.05, 0.1) is 24.3 Å². The molecule has 2 saturated heterocycles. The monoisotopic (exact) mass is 644 g/mol. The average molecular weight is 645 g/mol. The highest BCUT2D eigenvalue weighted by Crippen LogP contribution is 2.52. The van der Waals surface area contributed by atoms with Crippen LogP contribution < -0.4 is 10.6 Å². The van der Waals surface area contributed by atoms with Gasteiger partial charge in [-0.1, -0.05) is 12.1 Å². The standard InChI is InChI=1S/C30H35F7N6O2/c1-16-13-43(24(19-11-29(33,34)12-19)18-6-8-20(9-7-18)30(35,36)37)22(25(31)32)15-41(16)26-23-27(40(3)28(44)39-26)42(17(2)38-23)14-21-5-4-10-45-21/h6-9,16,19,21-22,24-25H,4-5,10-15H2,1-3H3/t16-,21-,22-,24?/m0/s1. The van der Waals surface area contributed by atoms with Gasteiger partial charge in [-0.3, -0.25) is 9.47 Å². The zero-order chi connectivity index (χ0) is 32.4. The summed E-state index contributed by atoms with van der Waals surface area (Å²) in [5.41, 5.74) is -0.372. The Balaban J connectivity index is 1.37. The molecule has 4 atom stereocenters. The zero-order valence-corrected chi connectivity index (χ0v) is 25.1. The number of ether oxygens (including phenoxy) is 1. The van der Waals surface area contributed by atoms with Crippen molar-refractivity contribution in [2.45, 2.75) is 88.8 Å². The van der Waals surface area contributed by atoms with Crippen molar-refractivity contribution < 1.29 is 35.5 Å². The second-order valence-corrected chi connectivity index (χ2v) is 12.5. The van der Waals surface area contributed by atoms with Gasteiger partial charge in [0, 0.05) is 51.7 Å². The molecule has 45 heavy (non-hydrogen) atoms. The van der Waals surface area contributed by atoms with Crippen LogP contribution in [0.25, 0.3) is 11.2 Å². The van der Waals surface area contributed by atoms with Crippen molar-refractivity contribution in [1.82, 2.24) is 24.0 Å². The summed E-state index contributed by atoms with van der Waals surface area (Å²) >= 11 is 0. The number of piperazine rings is 1. The third-order valence-electron chi connectivity index (χ3n) is 9.44. The molecule has 1 saturated carbocycles. The Bertz CT molecular complexity index is 1590. The number of rotatable bonds is 7. The maximum absolute atomic E-state index is 14.9. The number of fused-ring (bicyclic) bond motifs is 1. The quantitative estimate of drug-likeness (QED) is 0.314. The summed E-state index contributed by atoms with van der Waals surface area (Å²) in [6.07, 6.45) is -6.93. The molecule has 0 bridgehead atoms. The second-order valence-electron chi connectivity index (χ2n) is 12.5. The number of halogens is 7. The molecule has 2 aromatic heterocycles. The molecular formula is C30H35F7N6O2. The Kier molecular flexibility index (Phi) is 8.15. The summed E-state index contributed by atoms with van der Waals surface area (Å²) in [4.78, 5) is 25.1. The Hall–Kier alpha value is -3.20. The molecule has 4 heterocycles. The number of imidazole rings is 1. The molecule has 0 N–H and O–H groups in total. The Morgan fingerprint density at radius 3 is 2.36 bits per heavy atom. The summed E-state index contributed by atoms with van der Waals surface area (Å²) < 4.78 is 107. The van der Waals surface area contributed by atoms with Crippen LogP contribution in [0.2, 0.25) is 0 Å². The highest BCUT2D eigenvalue weighted by Gasteiger charge is 2.53. The molecule has 1 aliphatic carbocycles. The van der Waals surface area contributed by atoms with Crippen LogP contribution in [0.3, 0.4) is 0 Å². The lowest BCUT2D eigenvalue weighted by molar-refractivity contribution is -0.143. The molecule has 3 aromatic rings. The molecule has 3 aliphatic rings. The highest BCUT2D eigenvalue weighted by molar-refractivity contribution is 5.84. The van der Waals surface area contributed by atoms with Crippen molar-refractivity contribution in [3.05, 3.63) is 51.7 Å². The molecule has 8 nitrogen and oxygen atoms in total. The number of aryl methyl sites for hydroxylation is 2. The van der Waals surface area contributed by atoms with E-state index in [1.807, 2.05) is 4.57 Å². The fourth-order valence-corrected chi connectivity index (χ4v) is 7.16. The van der Waals surface area contributed by atoms with Gasteiger partial charge < -0.3 is 14.2 Å². The maximum Gasteiger partial charge on any atom is 0.416 e. The van der Waals surface area contributed by atoms with E-state index in [9.17, 15) is 35.5 Å². The lowest BCUT2D eigenvalue weighted by atomic mass is 9.73. The largest absolute Gasteiger partial charge is 0.416 e. The molecule has 0 amide bonds. The van der Waals surface area contributed by atoms with Crippen LogP contribution in [-0.2, 0) is 24.5 Å². The Morgan fingerprint density at radius 2 is 1.78 bits per heavy atom. The number of benzene rings is 1. The van der Waals surface area contributed by atoms with Crippen molar-refractivity contribution in [2.75, 3.05) is 24.6 Å². The first-order chi connectivity index (χ1) is 21.1. The number of anilines is 1. The van der Waals surface area contributed by atoms with E-state index in [1.165, 1.54) is 21.6 Å². The van der Waals surface area contributed by atoms with E-state index in [1.54, 1.807) is 25.8 Å². The average Bonchev–Trinajstić information content (AvgIpc) is 3.58. The highest BCUT2D eigenvalue weighted by atomic mass is 19.4. The lowest BCUT2D eigenvalue weighted by Gasteiger charge is -2.52. The topological polar surface area (TPSA) is 68.4 Å². The van der Waals surface area contributed by atoms with Crippen LogP contribution in [0.1, 0.15) is 55.6 Å². The van der Waals surface area contributed by atoms with Crippen molar-refractivity contribution >= 4 is 17.0 Å². The van der Waals surface area contributed by atoms with Gasteiger partial charge in [-0.15, -0.1) is 0 Å². The van der Waals surface area contributed by atoms with Crippen LogP contribution in [0, 0.1) is 12.8 Å². The normalized spacial score (nSPS) is 25.3. The lowest BCUT2D eigenvalue weighted by Crippen LogP contribution is -2.62. The van der Waals surface area contributed by atoms with Crippen molar-refractivity contribution in [2.24, 2.45) is 13.0 Å². The van der Waals surface area contributed by atoms with Gasteiger partial charge in [0.2, 0.25) is 5.92 Å². The van der Waals surface area contributed by atoms with Gasteiger partial charge in [-0.2, -0.15) is 18.2 Å². The van der Waals surface area contributed by atoms with Gasteiger partial charge in [0.1, 0.15) is 17.0 Å². The SMILES string of the molecule is Cc1nc2c(N3C[C@@H](C(F)F)N(C(c4ccc(C(F)(F)F)cc4)C4CC(F)(F)C4)C[C@@H]3C)nc(=O)n(C)c2n1C[C@@H]1CCCO1. The van der Waals surface area contributed by atoms with E-state index in [-0.39, 0.29) is 30.6 Å². The summed E-state index contributed by atoms with van der Waals surface area (Å²) in [7, 11) is 1.57. The number of hydrogen-bond donors (Lipinski definition) is 0. The Labute approximate surface area is 254 Å². The van der Waals surface area contributed by atoms with E-state index in [4.69, 9.17) is 9.72 Å². The van der Waals surface area contributed by atoms with Gasteiger partial charge >= 0.3 is 11.9 Å². The fourth-order valence-electron chi connectivity index (χ4n) is 7.16. The van der Waals surface area contributed by atoms with Gasteiger partial charge in [-0.25, -0.2) is 27.3 Å². The van der Waals surface area contributed by atoms with E-state index in [0.717, 1.165) is 25.0 Å². The summed E-state index contributed by atoms with van der Waals surface area (Å²) in [6.45, 7) is 4.32. The van der Waals surface area contributed by atoms with Gasteiger partial charge in [0.25, 0.3) is 6.43 Å². The molecule has 1 unspecified atom stereocenters. The molecule has 246 valence electrons. The van der Waals surface area contributed by atoms with Crippen molar-refractivity contribution in [1.29, 1.82) is 0 Å². The predicted octanol–water partition coefficient (Wildman–Crippen LogP) is 5.57. The molecule has 6 rings (SSSR count). The number of aromatic nitrogens is 4. The third-order valence-corrected chi connectivity index (χ3v) is 9.44. The minimum Gasteiger partial charge on any atom is -0.376 e. The molecule has 0 spiro atoms. The fraction of sp³-hybridized carbons (Fsp3) is 0.633. The van der Waals surface area contributed by atoms with Crippen LogP contribution in [-0.4, -0.2) is 74.2 Å². The molecule has 1 aromatic carbocycles. The summed E-state index contributed by atoms with van der Waals surface area (Å²) in [5.74, 6) is -2.94. The zero-order valence-electron chi connectivity index (χ0n) is 25.1. The van der Waals surface area contributed by atoms with E-state index >= 15 is 0 Å². The molecule has 0 radical (unpaired) electrons. The number of hydrogen-bond acceptors (Lipinski definition) is 6. The van der Waals surface area contributed by atoms with Gasteiger partial charge in [0.15, 0.2) is 5.82 Å². The first-order valence-corrected chi connectivity index (χ1v) is 15.1. The minimum atomic E-state index is -4.61. The second kappa shape index (κ2) is 11.6. The molecule has 15 heteroatoms. The first-order valence-electron chi connectivity index (χ1n) is 15.1. The Morgan fingerprint density at radius 1 is 1.09 bits per heavy atom. The van der Waals surface area contributed by atoms with Crippen LogP contribution >= 0.6 is 0 Å². The molecule has 2 aliphatic heterocycles. The summed E-state index contributed by atoms with van der Waals surface area (Å²) in [5, 5.41) is 0. The van der Waals surface area contributed by atoms with Crippen molar-refractivity contribution in [3.63, 3.8) is 0 Å². The first kappa shape index (κ1) is 31.8. The number of nitrogens with zero attached hydrogens (tertiary/aromatic N) is 6. The third kappa shape index (κ3) is 5.93.